The summed E-state index contributed by atoms with van der Waals surface area (Å²) in [4.78, 5) is 0. The van der Waals surface area contributed by atoms with Gasteiger partial charge < -0.3 is 9.47 Å². The van der Waals surface area contributed by atoms with Gasteiger partial charge in [0.2, 0.25) is 0 Å². The zero-order chi connectivity index (χ0) is 10.7. The number of halogens is 1. The second-order valence-electron chi connectivity index (χ2n) is 3.47. The molecule has 0 saturated carbocycles. The quantitative estimate of drug-likeness (QED) is 0.801. The van der Waals surface area contributed by atoms with E-state index in [-0.39, 0.29) is 12.3 Å². The molecule has 1 aromatic rings. The SMILES string of the molecule is COc1ccc([C@@H]2NC[C@H](CCl)O2)cc1. The maximum absolute atomic E-state index is 5.72. The van der Waals surface area contributed by atoms with E-state index in [9.17, 15) is 0 Å². The fraction of sp³-hybridized carbons (Fsp3) is 0.455. The predicted molar refractivity (Wildman–Crippen MR) is 59.3 cm³/mol. The van der Waals surface area contributed by atoms with Gasteiger partial charge in [-0.05, 0) is 17.7 Å². The summed E-state index contributed by atoms with van der Waals surface area (Å²) in [6, 6.07) is 7.84. The second-order valence-corrected chi connectivity index (χ2v) is 3.78. The van der Waals surface area contributed by atoms with Crippen LogP contribution in [0, 0.1) is 0 Å². The first kappa shape index (κ1) is 10.7. The molecule has 2 rings (SSSR count). The lowest BCUT2D eigenvalue weighted by molar-refractivity contribution is 0.0528. The Balaban J connectivity index is 2.04. The third-order valence-corrected chi connectivity index (χ3v) is 2.79. The molecule has 1 saturated heterocycles. The van der Waals surface area contributed by atoms with E-state index in [0.29, 0.717) is 5.88 Å². The van der Waals surface area contributed by atoms with E-state index >= 15 is 0 Å². The van der Waals surface area contributed by atoms with Gasteiger partial charge in [-0.15, -0.1) is 11.6 Å². The van der Waals surface area contributed by atoms with Crippen molar-refractivity contribution >= 4 is 11.6 Å². The van der Waals surface area contributed by atoms with Gasteiger partial charge in [0.1, 0.15) is 12.0 Å². The fourth-order valence-corrected chi connectivity index (χ4v) is 1.78. The first-order valence-electron chi connectivity index (χ1n) is 4.92. The van der Waals surface area contributed by atoms with Crippen molar-refractivity contribution in [1.82, 2.24) is 5.32 Å². The normalized spacial score (nSPS) is 25.5. The Morgan fingerprint density at radius 3 is 2.73 bits per heavy atom. The van der Waals surface area contributed by atoms with Gasteiger partial charge in [-0.25, -0.2) is 0 Å². The van der Waals surface area contributed by atoms with E-state index < -0.39 is 0 Å². The summed E-state index contributed by atoms with van der Waals surface area (Å²) in [6.45, 7) is 0.806. The fourth-order valence-electron chi connectivity index (χ4n) is 1.59. The zero-order valence-corrected chi connectivity index (χ0v) is 9.33. The minimum Gasteiger partial charge on any atom is -0.497 e. The first-order chi connectivity index (χ1) is 7.33. The number of nitrogens with one attached hydrogen (secondary N) is 1. The minimum atomic E-state index is -0.0420. The van der Waals surface area contributed by atoms with Crippen LogP contribution in [0.25, 0.3) is 0 Å². The molecule has 82 valence electrons. The molecule has 0 amide bonds. The number of methoxy groups -OCH3 is 1. The Kier molecular flexibility index (Phi) is 3.46. The van der Waals surface area contributed by atoms with Crippen molar-refractivity contribution in [2.75, 3.05) is 19.5 Å². The van der Waals surface area contributed by atoms with Gasteiger partial charge in [-0.3, -0.25) is 5.32 Å². The predicted octanol–water partition coefficient (Wildman–Crippen LogP) is 1.92. The van der Waals surface area contributed by atoms with Crippen LogP contribution in [0.2, 0.25) is 0 Å². The minimum absolute atomic E-state index is 0.0420. The van der Waals surface area contributed by atoms with Crippen LogP contribution in [0.4, 0.5) is 0 Å². The molecular formula is C11H14ClNO2. The lowest BCUT2D eigenvalue weighted by atomic mass is 10.2. The van der Waals surface area contributed by atoms with Crippen molar-refractivity contribution in [3.63, 3.8) is 0 Å². The Morgan fingerprint density at radius 1 is 1.47 bits per heavy atom. The highest BCUT2D eigenvalue weighted by atomic mass is 35.5. The molecular weight excluding hydrogens is 214 g/mol. The second kappa shape index (κ2) is 4.84. The topological polar surface area (TPSA) is 30.5 Å². The number of benzene rings is 1. The average molecular weight is 228 g/mol. The molecule has 1 N–H and O–H groups in total. The van der Waals surface area contributed by atoms with Crippen molar-refractivity contribution in [2.45, 2.75) is 12.3 Å². The van der Waals surface area contributed by atoms with Gasteiger partial charge in [0.05, 0.1) is 13.2 Å². The number of alkyl halides is 1. The molecule has 1 heterocycles. The van der Waals surface area contributed by atoms with Gasteiger partial charge in [0.25, 0.3) is 0 Å². The van der Waals surface area contributed by atoms with Crippen LogP contribution >= 0.6 is 11.6 Å². The Hall–Kier alpha value is -0.770. The lowest BCUT2D eigenvalue weighted by Crippen LogP contribution is -2.15. The van der Waals surface area contributed by atoms with Crippen molar-refractivity contribution in [3.8, 4) is 5.75 Å². The summed E-state index contributed by atoms with van der Waals surface area (Å²) in [5, 5.41) is 3.26. The molecule has 15 heavy (non-hydrogen) atoms. The molecule has 0 spiro atoms. The van der Waals surface area contributed by atoms with E-state index in [1.54, 1.807) is 7.11 Å². The summed E-state index contributed by atoms with van der Waals surface area (Å²) >= 11 is 5.72. The monoisotopic (exact) mass is 227 g/mol. The highest BCUT2D eigenvalue weighted by Crippen LogP contribution is 2.23. The molecule has 1 aliphatic heterocycles. The third-order valence-electron chi connectivity index (χ3n) is 2.45. The van der Waals surface area contributed by atoms with Crippen molar-refractivity contribution in [3.05, 3.63) is 29.8 Å². The highest BCUT2D eigenvalue weighted by Gasteiger charge is 2.24. The molecule has 0 aromatic heterocycles. The molecule has 0 bridgehead atoms. The van der Waals surface area contributed by atoms with E-state index in [1.165, 1.54) is 0 Å². The summed E-state index contributed by atoms with van der Waals surface area (Å²) in [7, 11) is 1.66. The van der Waals surface area contributed by atoms with E-state index in [4.69, 9.17) is 21.1 Å². The number of rotatable bonds is 3. The van der Waals surface area contributed by atoms with Crippen molar-refractivity contribution < 1.29 is 9.47 Å². The summed E-state index contributed by atoms with van der Waals surface area (Å²) in [5.41, 5.74) is 1.10. The average Bonchev–Trinajstić information content (AvgIpc) is 2.78. The van der Waals surface area contributed by atoms with E-state index in [0.717, 1.165) is 17.9 Å². The Bertz CT molecular complexity index is 315. The van der Waals surface area contributed by atoms with Crippen LogP contribution in [0.15, 0.2) is 24.3 Å². The van der Waals surface area contributed by atoms with Crippen LogP contribution in [0.5, 0.6) is 5.75 Å². The molecule has 0 unspecified atom stereocenters. The van der Waals surface area contributed by atoms with Gasteiger partial charge in [-0.1, -0.05) is 12.1 Å². The Labute approximate surface area is 94.3 Å². The number of hydrogen-bond donors (Lipinski definition) is 1. The number of ether oxygens (including phenoxy) is 2. The Morgan fingerprint density at radius 2 is 2.20 bits per heavy atom. The van der Waals surface area contributed by atoms with E-state index in [1.807, 2.05) is 24.3 Å². The summed E-state index contributed by atoms with van der Waals surface area (Å²) < 4.78 is 10.8. The van der Waals surface area contributed by atoms with Crippen molar-refractivity contribution in [1.29, 1.82) is 0 Å². The van der Waals surface area contributed by atoms with Gasteiger partial charge >= 0.3 is 0 Å². The van der Waals surface area contributed by atoms with Gasteiger partial charge in [0, 0.05) is 12.4 Å². The maximum Gasteiger partial charge on any atom is 0.134 e. The third kappa shape index (κ3) is 2.43. The van der Waals surface area contributed by atoms with E-state index in [2.05, 4.69) is 5.32 Å². The first-order valence-corrected chi connectivity index (χ1v) is 5.45. The highest BCUT2D eigenvalue weighted by molar-refractivity contribution is 6.18. The van der Waals surface area contributed by atoms with Crippen LogP contribution in [0.3, 0.4) is 0 Å². The standard InChI is InChI=1S/C11H14ClNO2/c1-14-9-4-2-8(3-5-9)11-13-7-10(6-12)15-11/h2-5,10-11,13H,6-7H2,1H3/t10-,11+/m0/s1. The van der Waals surface area contributed by atoms with Crippen LogP contribution < -0.4 is 10.1 Å². The maximum atomic E-state index is 5.72. The molecule has 4 heteroatoms. The molecule has 2 atom stereocenters. The molecule has 1 aromatic carbocycles. The van der Waals surface area contributed by atoms with Crippen molar-refractivity contribution in [2.24, 2.45) is 0 Å². The molecule has 3 nitrogen and oxygen atoms in total. The summed E-state index contributed by atoms with van der Waals surface area (Å²) in [6.07, 6.45) is 0.0680. The summed E-state index contributed by atoms with van der Waals surface area (Å²) in [5.74, 6) is 1.38. The van der Waals surface area contributed by atoms with Crippen LogP contribution in [-0.4, -0.2) is 25.6 Å². The molecule has 1 fully saturated rings. The molecule has 0 radical (unpaired) electrons. The lowest BCUT2D eigenvalue weighted by Gasteiger charge is -2.12. The smallest absolute Gasteiger partial charge is 0.134 e. The van der Waals surface area contributed by atoms with Gasteiger partial charge in [-0.2, -0.15) is 0 Å². The molecule has 1 aliphatic rings. The van der Waals surface area contributed by atoms with Crippen LogP contribution in [0.1, 0.15) is 11.8 Å². The van der Waals surface area contributed by atoms with Crippen LogP contribution in [-0.2, 0) is 4.74 Å². The zero-order valence-electron chi connectivity index (χ0n) is 8.57. The molecule has 0 aliphatic carbocycles. The van der Waals surface area contributed by atoms with Gasteiger partial charge in [0.15, 0.2) is 0 Å². The number of hydrogen-bond acceptors (Lipinski definition) is 3. The largest absolute Gasteiger partial charge is 0.497 e.